The van der Waals surface area contributed by atoms with Crippen molar-refractivity contribution in [3.8, 4) is 0 Å². The Hall–Kier alpha value is -2.22. The largest absolute Gasteiger partial charge is 0.420 e. The number of fused-ring (bicyclic) bond motifs is 1. The van der Waals surface area contributed by atoms with Gasteiger partial charge in [-0.15, -0.1) is 0 Å². The number of primary sulfonamides is 1. The van der Waals surface area contributed by atoms with Crippen LogP contribution in [0.4, 0.5) is 0 Å². The predicted octanol–water partition coefficient (Wildman–Crippen LogP) is 3.78. The molecule has 172 valence electrons. The van der Waals surface area contributed by atoms with Gasteiger partial charge in [0.05, 0.1) is 13.8 Å². The fourth-order valence-electron chi connectivity index (χ4n) is 4.41. The van der Waals surface area contributed by atoms with Crippen molar-refractivity contribution in [3.05, 3.63) is 75.3 Å². The summed E-state index contributed by atoms with van der Waals surface area (Å²) in [5.41, 5.74) is 1.66. The molecule has 2 N–H and O–H groups in total. The number of nitrogens with two attached hydrogens (primary N) is 1. The molecule has 9 nitrogen and oxygen atoms in total. The van der Waals surface area contributed by atoms with E-state index in [9.17, 15) is 13.2 Å². The van der Waals surface area contributed by atoms with E-state index in [-0.39, 0.29) is 32.1 Å². The Morgan fingerprint density at radius 1 is 1.21 bits per heavy atom. The minimum absolute atomic E-state index is 0.0453. The molecule has 2 atom stereocenters. The standard InChI is InChI=1S/C21H18ClIN4O5S/c1-20(2)17(21(20,23)11-3-6-13(7-4-11)33(24,29)30)18-25-16(32-26-18)10-27-14-9-12(22)5-8-15(14)31-19(27)28/h3-9,17H,10H2,1-2H3,(H2,24,29,30)/t17-,21+/m1/s1. The van der Waals surface area contributed by atoms with Crippen LogP contribution in [-0.2, 0) is 20.0 Å². The van der Waals surface area contributed by atoms with Gasteiger partial charge in [0.25, 0.3) is 0 Å². The third-order valence-electron chi connectivity index (χ3n) is 6.24. The van der Waals surface area contributed by atoms with Gasteiger partial charge in [-0.05, 0) is 41.3 Å². The number of oxazole rings is 1. The van der Waals surface area contributed by atoms with Crippen LogP contribution in [0.2, 0.25) is 5.02 Å². The SMILES string of the molecule is CC1(C)[C@@H](c2noc(Cn3c(=O)oc4ccc(Cl)cc43)n2)[C@@]1(I)c1ccc(S(N)(=O)=O)cc1. The minimum Gasteiger partial charge on any atom is -0.408 e. The summed E-state index contributed by atoms with van der Waals surface area (Å²) in [6.07, 6.45) is 0. The molecule has 1 aliphatic carbocycles. The van der Waals surface area contributed by atoms with Crippen molar-refractivity contribution in [2.75, 3.05) is 0 Å². The molecule has 1 saturated carbocycles. The van der Waals surface area contributed by atoms with Gasteiger partial charge in [-0.2, -0.15) is 4.98 Å². The van der Waals surface area contributed by atoms with Crippen LogP contribution in [-0.4, -0.2) is 23.1 Å². The van der Waals surface area contributed by atoms with Crippen molar-refractivity contribution >= 4 is 55.3 Å². The quantitative estimate of drug-likeness (QED) is 0.272. The molecular weight excluding hydrogens is 583 g/mol. The highest BCUT2D eigenvalue weighted by molar-refractivity contribution is 14.1. The normalized spacial score (nSPS) is 22.0. The summed E-state index contributed by atoms with van der Waals surface area (Å²) in [7, 11) is -3.77. The van der Waals surface area contributed by atoms with Crippen LogP contribution in [0.25, 0.3) is 11.1 Å². The lowest BCUT2D eigenvalue weighted by Crippen LogP contribution is -2.15. The summed E-state index contributed by atoms with van der Waals surface area (Å²) in [5.74, 6) is 0.146. The van der Waals surface area contributed by atoms with Gasteiger partial charge >= 0.3 is 5.76 Å². The highest BCUT2D eigenvalue weighted by atomic mass is 127. The van der Waals surface area contributed by atoms with Gasteiger partial charge in [0.1, 0.15) is 6.54 Å². The molecule has 1 fully saturated rings. The molecule has 2 aromatic heterocycles. The summed E-state index contributed by atoms with van der Waals surface area (Å²) in [6, 6.07) is 11.4. The number of benzene rings is 2. The molecule has 2 heterocycles. The third-order valence-corrected chi connectivity index (χ3v) is 10.0. The van der Waals surface area contributed by atoms with Crippen molar-refractivity contribution in [2.24, 2.45) is 10.6 Å². The zero-order valence-electron chi connectivity index (χ0n) is 17.5. The first-order valence-corrected chi connectivity index (χ1v) is 12.9. The first-order valence-electron chi connectivity index (χ1n) is 9.86. The van der Waals surface area contributed by atoms with E-state index in [1.54, 1.807) is 30.3 Å². The van der Waals surface area contributed by atoms with Gasteiger partial charge in [-0.1, -0.05) is 65.3 Å². The van der Waals surface area contributed by atoms with Crippen LogP contribution in [0, 0.1) is 5.41 Å². The molecule has 2 aromatic carbocycles. The minimum atomic E-state index is -3.77. The molecule has 5 rings (SSSR count). The molecule has 0 radical (unpaired) electrons. The van der Waals surface area contributed by atoms with Crippen LogP contribution in [0.5, 0.6) is 0 Å². The number of hydrogen-bond donors (Lipinski definition) is 1. The lowest BCUT2D eigenvalue weighted by molar-refractivity contribution is 0.361. The summed E-state index contributed by atoms with van der Waals surface area (Å²) >= 11 is 8.42. The maximum atomic E-state index is 12.3. The molecule has 4 aromatic rings. The fraction of sp³-hybridized carbons (Fsp3) is 0.286. The zero-order chi connectivity index (χ0) is 23.8. The molecule has 0 aliphatic heterocycles. The van der Waals surface area contributed by atoms with Gasteiger partial charge < -0.3 is 8.94 Å². The number of rotatable bonds is 5. The Balaban J connectivity index is 1.45. The maximum Gasteiger partial charge on any atom is 0.420 e. The third kappa shape index (κ3) is 3.52. The molecule has 0 amide bonds. The number of nitrogens with zero attached hydrogens (tertiary/aromatic N) is 3. The topological polar surface area (TPSA) is 134 Å². The first-order chi connectivity index (χ1) is 15.4. The summed E-state index contributed by atoms with van der Waals surface area (Å²) in [4.78, 5) is 16.9. The lowest BCUT2D eigenvalue weighted by atomic mass is 10.0. The van der Waals surface area contributed by atoms with Gasteiger partial charge in [0.15, 0.2) is 11.4 Å². The highest BCUT2D eigenvalue weighted by Crippen LogP contribution is 2.77. The Bertz CT molecular complexity index is 1560. The molecule has 33 heavy (non-hydrogen) atoms. The van der Waals surface area contributed by atoms with Crippen LogP contribution in [0.3, 0.4) is 0 Å². The lowest BCUT2D eigenvalue weighted by Gasteiger charge is -2.13. The number of alkyl halides is 1. The number of hydrogen-bond acceptors (Lipinski definition) is 7. The van der Waals surface area contributed by atoms with Gasteiger partial charge in [-0.3, -0.25) is 4.57 Å². The second-order valence-corrected chi connectivity index (χ2v) is 12.2. The molecule has 12 heteroatoms. The molecule has 0 spiro atoms. The molecular formula is C21H18ClIN4O5S. The number of aromatic nitrogens is 3. The Morgan fingerprint density at radius 3 is 2.58 bits per heavy atom. The number of sulfonamides is 1. The van der Waals surface area contributed by atoms with Crippen molar-refractivity contribution in [1.82, 2.24) is 14.7 Å². The van der Waals surface area contributed by atoms with E-state index in [1.807, 2.05) is 0 Å². The zero-order valence-corrected chi connectivity index (χ0v) is 21.2. The average molecular weight is 601 g/mol. The molecule has 0 saturated heterocycles. The first kappa shape index (κ1) is 22.6. The monoisotopic (exact) mass is 600 g/mol. The predicted molar refractivity (Wildman–Crippen MR) is 129 cm³/mol. The Labute approximate surface area is 207 Å². The van der Waals surface area contributed by atoms with E-state index in [1.165, 1.54) is 16.7 Å². The molecule has 0 bridgehead atoms. The second-order valence-electron chi connectivity index (χ2n) is 8.55. The Morgan fingerprint density at radius 2 is 1.91 bits per heavy atom. The Kier molecular flexibility index (Phi) is 5.05. The summed E-state index contributed by atoms with van der Waals surface area (Å²) in [5, 5.41) is 9.87. The smallest absolute Gasteiger partial charge is 0.408 e. The fourth-order valence-corrected chi connectivity index (χ4v) is 6.66. The van der Waals surface area contributed by atoms with E-state index in [0.717, 1.165) is 5.56 Å². The maximum absolute atomic E-state index is 12.3. The van der Waals surface area contributed by atoms with Crippen molar-refractivity contribution in [2.45, 2.75) is 34.6 Å². The van der Waals surface area contributed by atoms with Gasteiger partial charge in [0, 0.05) is 10.9 Å². The van der Waals surface area contributed by atoms with E-state index >= 15 is 0 Å². The second kappa shape index (κ2) is 7.39. The van der Waals surface area contributed by atoms with E-state index in [2.05, 4.69) is 46.6 Å². The van der Waals surface area contributed by atoms with Crippen LogP contribution < -0.4 is 10.9 Å². The van der Waals surface area contributed by atoms with Crippen LogP contribution in [0.15, 0.2) is 61.1 Å². The summed E-state index contributed by atoms with van der Waals surface area (Å²) < 4.78 is 34.9. The van der Waals surface area contributed by atoms with E-state index in [4.69, 9.17) is 25.7 Å². The van der Waals surface area contributed by atoms with Crippen LogP contribution >= 0.6 is 34.2 Å². The molecule has 1 aliphatic rings. The van der Waals surface area contributed by atoms with Crippen LogP contribution in [0.1, 0.15) is 37.0 Å². The van der Waals surface area contributed by atoms with Gasteiger partial charge in [0.2, 0.25) is 15.9 Å². The van der Waals surface area contributed by atoms with Crippen molar-refractivity contribution in [1.29, 1.82) is 0 Å². The van der Waals surface area contributed by atoms with Crippen molar-refractivity contribution in [3.63, 3.8) is 0 Å². The summed E-state index contributed by atoms with van der Waals surface area (Å²) in [6.45, 7) is 4.22. The van der Waals surface area contributed by atoms with E-state index in [0.29, 0.717) is 21.9 Å². The highest BCUT2D eigenvalue weighted by Gasteiger charge is 2.73. The molecule has 0 unspecified atom stereocenters. The number of halogens is 2. The average Bonchev–Trinajstić information content (AvgIpc) is 3.09. The van der Waals surface area contributed by atoms with Gasteiger partial charge in [-0.25, -0.2) is 18.4 Å². The van der Waals surface area contributed by atoms with E-state index < -0.39 is 15.8 Å². The van der Waals surface area contributed by atoms with Crippen molar-refractivity contribution < 1.29 is 17.4 Å².